The number of benzene rings is 2. The van der Waals surface area contributed by atoms with Crippen molar-refractivity contribution in [2.24, 2.45) is 5.14 Å². The number of hydrogen-bond acceptors (Lipinski definition) is 7. The van der Waals surface area contributed by atoms with Crippen molar-refractivity contribution in [2.75, 3.05) is 12.8 Å². The standard InChI is InChI=1S/C20H18ClN3O4S3/c1-24(25)20(29)30-12-2-3-17-23-18(13-6-10-16(11-7-13)31(22,26)27)19(28-17)14-4-8-15(21)9-5-14/h2-11,25H,12H2,1H3,(H2,22,26,27). The zero-order chi connectivity index (χ0) is 22.6. The second-order valence-corrected chi connectivity index (χ2v) is 9.96. The van der Waals surface area contributed by atoms with E-state index in [1.165, 1.54) is 30.9 Å². The second kappa shape index (κ2) is 9.94. The van der Waals surface area contributed by atoms with Gasteiger partial charge in [-0.25, -0.2) is 23.6 Å². The Labute approximate surface area is 194 Å². The highest BCUT2D eigenvalue weighted by molar-refractivity contribution is 8.22. The highest BCUT2D eigenvalue weighted by Crippen LogP contribution is 2.34. The first-order valence-electron chi connectivity index (χ1n) is 8.81. The summed E-state index contributed by atoms with van der Waals surface area (Å²) >= 11 is 12.3. The second-order valence-electron chi connectivity index (χ2n) is 6.31. The minimum absolute atomic E-state index is 0.00903. The predicted octanol–water partition coefficient (Wildman–Crippen LogP) is 4.66. The van der Waals surface area contributed by atoms with Gasteiger partial charge >= 0.3 is 0 Å². The molecular formula is C20H18ClN3O4S3. The third kappa shape index (κ3) is 6.16. The van der Waals surface area contributed by atoms with Crippen LogP contribution in [-0.4, -0.2) is 40.8 Å². The zero-order valence-corrected chi connectivity index (χ0v) is 19.4. The van der Waals surface area contributed by atoms with Crippen LogP contribution in [0.1, 0.15) is 5.89 Å². The number of oxazole rings is 1. The number of halogens is 1. The van der Waals surface area contributed by atoms with Gasteiger partial charge in [0.2, 0.25) is 15.9 Å². The van der Waals surface area contributed by atoms with Gasteiger partial charge in [0.1, 0.15) is 5.69 Å². The Kier molecular flexibility index (Phi) is 7.52. The first-order valence-corrected chi connectivity index (χ1v) is 12.1. The quantitative estimate of drug-likeness (QED) is 0.375. The maximum absolute atomic E-state index is 11.5. The van der Waals surface area contributed by atoms with Gasteiger partial charge in [0.15, 0.2) is 10.1 Å². The molecule has 11 heteroatoms. The largest absolute Gasteiger partial charge is 0.436 e. The van der Waals surface area contributed by atoms with Crippen molar-refractivity contribution in [2.45, 2.75) is 4.90 Å². The average Bonchev–Trinajstić information content (AvgIpc) is 3.15. The van der Waals surface area contributed by atoms with Crippen LogP contribution >= 0.6 is 35.6 Å². The number of sulfonamides is 1. The number of hydrogen-bond donors (Lipinski definition) is 2. The van der Waals surface area contributed by atoms with Crippen LogP contribution in [-0.2, 0) is 10.0 Å². The smallest absolute Gasteiger partial charge is 0.238 e. The van der Waals surface area contributed by atoms with Gasteiger partial charge < -0.3 is 4.42 Å². The van der Waals surface area contributed by atoms with E-state index in [0.29, 0.717) is 38.0 Å². The first-order chi connectivity index (χ1) is 14.6. The molecule has 1 aromatic heterocycles. The van der Waals surface area contributed by atoms with E-state index in [2.05, 4.69) is 4.98 Å². The van der Waals surface area contributed by atoms with Crippen molar-refractivity contribution < 1.29 is 18.0 Å². The van der Waals surface area contributed by atoms with Gasteiger partial charge in [0.05, 0.1) is 4.90 Å². The van der Waals surface area contributed by atoms with E-state index in [1.807, 2.05) is 18.2 Å². The van der Waals surface area contributed by atoms with Crippen LogP contribution in [0.3, 0.4) is 0 Å². The summed E-state index contributed by atoms with van der Waals surface area (Å²) in [6.07, 6.45) is 3.51. The minimum Gasteiger partial charge on any atom is -0.436 e. The van der Waals surface area contributed by atoms with Gasteiger partial charge in [-0.05, 0) is 42.5 Å². The highest BCUT2D eigenvalue weighted by atomic mass is 35.5. The topological polar surface area (TPSA) is 110 Å². The molecule has 7 nitrogen and oxygen atoms in total. The van der Waals surface area contributed by atoms with E-state index >= 15 is 0 Å². The van der Waals surface area contributed by atoms with E-state index in [0.717, 1.165) is 10.6 Å². The van der Waals surface area contributed by atoms with Crippen LogP contribution in [0.5, 0.6) is 0 Å². The summed E-state index contributed by atoms with van der Waals surface area (Å²) in [5, 5.41) is 15.9. The maximum atomic E-state index is 11.5. The molecule has 31 heavy (non-hydrogen) atoms. The monoisotopic (exact) mass is 495 g/mol. The van der Waals surface area contributed by atoms with Crippen molar-refractivity contribution in [3.8, 4) is 22.6 Å². The van der Waals surface area contributed by atoms with Crippen LogP contribution < -0.4 is 5.14 Å². The third-order valence-electron chi connectivity index (χ3n) is 4.03. The molecule has 2 aromatic carbocycles. The molecule has 3 aromatic rings. The molecule has 0 saturated carbocycles. The van der Waals surface area contributed by atoms with Gasteiger partial charge in [0, 0.05) is 29.0 Å². The molecule has 0 aliphatic carbocycles. The molecule has 3 rings (SSSR count). The third-order valence-corrected chi connectivity index (χ3v) is 6.70. The Balaban J connectivity index is 1.95. The molecule has 0 radical (unpaired) electrons. The predicted molar refractivity (Wildman–Crippen MR) is 127 cm³/mol. The van der Waals surface area contributed by atoms with E-state index in [1.54, 1.807) is 30.3 Å². The van der Waals surface area contributed by atoms with Crippen molar-refractivity contribution in [3.05, 3.63) is 65.5 Å². The van der Waals surface area contributed by atoms with Gasteiger partial charge in [-0.15, -0.1) is 0 Å². The maximum Gasteiger partial charge on any atom is 0.238 e. The SMILES string of the molecule is CN(O)C(=S)SCC=Cc1nc(-c2ccc(S(N)(=O)=O)cc2)c(-c2ccc(Cl)cc2)o1. The van der Waals surface area contributed by atoms with E-state index in [-0.39, 0.29) is 4.90 Å². The summed E-state index contributed by atoms with van der Waals surface area (Å²) < 4.78 is 29.4. The Morgan fingerprint density at radius 2 is 1.84 bits per heavy atom. The lowest BCUT2D eigenvalue weighted by molar-refractivity contribution is 0.0205. The van der Waals surface area contributed by atoms with E-state index < -0.39 is 10.0 Å². The summed E-state index contributed by atoms with van der Waals surface area (Å²) in [7, 11) is -2.34. The van der Waals surface area contributed by atoms with Crippen molar-refractivity contribution in [1.82, 2.24) is 10.0 Å². The van der Waals surface area contributed by atoms with Crippen LogP contribution in [0.15, 0.2) is 63.9 Å². The molecule has 0 atom stereocenters. The highest BCUT2D eigenvalue weighted by Gasteiger charge is 2.17. The molecule has 0 aliphatic rings. The lowest BCUT2D eigenvalue weighted by Gasteiger charge is -2.08. The van der Waals surface area contributed by atoms with Crippen LogP contribution in [0.4, 0.5) is 0 Å². The summed E-state index contributed by atoms with van der Waals surface area (Å²) in [5.41, 5.74) is 1.97. The van der Waals surface area contributed by atoms with Crippen LogP contribution in [0, 0.1) is 0 Å². The Morgan fingerprint density at radius 3 is 2.42 bits per heavy atom. The number of aromatic nitrogens is 1. The summed E-state index contributed by atoms with van der Waals surface area (Å²) in [6.45, 7) is 0. The molecule has 162 valence electrons. The summed E-state index contributed by atoms with van der Waals surface area (Å²) in [5.74, 6) is 1.39. The fourth-order valence-electron chi connectivity index (χ4n) is 2.56. The molecular weight excluding hydrogens is 478 g/mol. The molecule has 0 amide bonds. The Morgan fingerprint density at radius 1 is 1.23 bits per heavy atom. The normalized spacial score (nSPS) is 11.7. The summed E-state index contributed by atoms with van der Waals surface area (Å²) in [6, 6.07) is 13.2. The molecule has 0 unspecified atom stereocenters. The number of thioether (sulfide) groups is 1. The fourth-order valence-corrected chi connectivity index (χ4v) is 3.93. The van der Waals surface area contributed by atoms with E-state index in [9.17, 15) is 13.6 Å². The van der Waals surface area contributed by atoms with Gasteiger partial charge in [-0.3, -0.25) is 5.21 Å². The number of rotatable bonds is 6. The average molecular weight is 496 g/mol. The van der Waals surface area contributed by atoms with Gasteiger partial charge in [-0.1, -0.05) is 53.8 Å². The fraction of sp³-hybridized carbons (Fsp3) is 0.100. The van der Waals surface area contributed by atoms with Gasteiger partial charge in [0.25, 0.3) is 0 Å². The molecule has 1 heterocycles. The zero-order valence-electron chi connectivity index (χ0n) is 16.2. The van der Waals surface area contributed by atoms with Crippen molar-refractivity contribution in [1.29, 1.82) is 0 Å². The van der Waals surface area contributed by atoms with Crippen molar-refractivity contribution in [3.63, 3.8) is 0 Å². The molecule has 3 N–H and O–H groups in total. The first kappa shape index (κ1) is 23.5. The van der Waals surface area contributed by atoms with Crippen LogP contribution in [0.25, 0.3) is 28.7 Å². The van der Waals surface area contributed by atoms with E-state index in [4.69, 9.17) is 33.4 Å². The Bertz CT molecular complexity index is 1210. The lowest BCUT2D eigenvalue weighted by Crippen LogP contribution is -2.17. The molecule has 0 fully saturated rings. The molecule has 0 bridgehead atoms. The molecule has 0 saturated heterocycles. The lowest BCUT2D eigenvalue weighted by atomic mass is 10.1. The number of primary sulfonamides is 1. The number of nitrogens with zero attached hydrogens (tertiary/aromatic N) is 2. The van der Waals surface area contributed by atoms with Gasteiger partial charge in [-0.2, -0.15) is 0 Å². The number of hydroxylamine groups is 2. The van der Waals surface area contributed by atoms with Crippen molar-refractivity contribution >= 4 is 56.0 Å². The molecule has 0 spiro atoms. The minimum atomic E-state index is -3.80. The number of thiocarbonyl (C=S) groups is 1. The number of nitrogens with two attached hydrogens (primary N) is 1. The van der Waals surface area contributed by atoms with Crippen LogP contribution in [0.2, 0.25) is 5.02 Å². The summed E-state index contributed by atoms with van der Waals surface area (Å²) in [4.78, 5) is 4.56. The molecule has 0 aliphatic heterocycles. The Hall–Kier alpha value is -2.21.